The Kier molecular flexibility index (Phi) is 5.83. The van der Waals surface area contributed by atoms with E-state index in [1.54, 1.807) is 12.1 Å². The Morgan fingerprint density at radius 3 is 2.19 bits per heavy atom. The SMILES string of the molecule is COc1ccc([C@@H](CC(=O)O)NC(C)=O)c(OC)c1OC. The average Bonchev–Trinajstić information content (AvgIpc) is 2.43. The quantitative estimate of drug-likeness (QED) is 0.789. The van der Waals surface area contributed by atoms with Crippen molar-refractivity contribution in [1.29, 1.82) is 0 Å². The second-order valence-corrected chi connectivity index (χ2v) is 4.27. The lowest BCUT2D eigenvalue weighted by Gasteiger charge is -2.21. The van der Waals surface area contributed by atoms with E-state index in [9.17, 15) is 9.59 Å². The summed E-state index contributed by atoms with van der Waals surface area (Å²) < 4.78 is 15.7. The number of aliphatic carboxylic acids is 1. The molecule has 7 nitrogen and oxygen atoms in total. The predicted octanol–water partition coefficient (Wildman–Crippen LogP) is 1.36. The molecule has 2 N–H and O–H groups in total. The van der Waals surface area contributed by atoms with Gasteiger partial charge in [0.05, 0.1) is 33.8 Å². The molecule has 1 amide bonds. The minimum Gasteiger partial charge on any atom is -0.493 e. The first-order chi connectivity index (χ1) is 9.94. The van der Waals surface area contributed by atoms with Gasteiger partial charge in [-0.25, -0.2) is 0 Å². The number of amides is 1. The number of rotatable bonds is 7. The average molecular weight is 297 g/mol. The van der Waals surface area contributed by atoms with Crippen LogP contribution in [0.25, 0.3) is 0 Å². The maximum atomic E-state index is 11.3. The van der Waals surface area contributed by atoms with Crippen molar-refractivity contribution in [2.75, 3.05) is 21.3 Å². The number of nitrogens with one attached hydrogen (secondary N) is 1. The van der Waals surface area contributed by atoms with E-state index in [0.29, 0.717) is 22.8 Å². The number of carbonyl (C=O) groups excluding carboxylic acids is 1. The first-order valence-electron chi connectivity index (χ1n) is 6.22. The molecule has 0 saturated heterocycles. The smallest absolute Gasteiger partial charge is 0.305 e. The van der Waals surface area contributed by atoms with Crippen LogP contribution in [0.5, 0.6) is 17.2 Å². The van der Waals surface area contributed by atoms with Crippen molar-refractivity contribution in [3.8, 4) is 17.2 Å². The van der Waals surface area contributed by atoms with Crippen LogP contribution in [-0.4, -0.2) is 38.3 Å². The van der Waals surface area contributed by atoms with Crippen molar-refractivity contribution in [3.05, 3.63) is 17.7 Å². The van der Waals surface area contributed by atoms with Crippen molar-refractivity contribution < 1.29 is 28.9 Å². The molecular weight excluding hydrogens is 278 g/mol. The van der Waals surface area contributed by atoms with Gasteiger partial charge in [0, 0.05) is 12.5 Å². The Bertz CT molecular complexity index is 512. The highest BCUT2D eigenvalue weighted by atomic mass is 16.5. The third-order valence-corrected chi connectivity index (χ3v) is 2.87. The van der Waals surface area contributed by atoms with Gasteiger partial charge >= 0.3 is 5.97 Å². The predicted molar refractivity (Wildman–Crippen MR) is 74.9 cm³/mol. The van der Waals surface area contributed by atoms with E-state index >= 15 is 0 Å². The largest absolute Gasteiger partial charge is 0.493 e. The van der Waals surface area contributed by atoms with Crippen LogP contribution in [0.4, 0.5) is 0 Å². The highest BCUT2D eigenvalue weighted by Gasteiger charge is 2.24. The van der Waals surface area contributed by atoms with Crippen LogP contribution in [0.2, 0.25) is 0 Å². The minimum atomic E-state index is -1.04. The number of methoxy groups -OCH3 is 3. The normalized spacial score (nSPS) is 11.4. The molecule has 0 radical (unpaired) electrons. The summed E-state index contributed by atoms with van der Waals surface area (Å²) in [5.74, 6) is -0.242. The fraction of sp³-hybridized carbons (Fsp3) is 0.429. The molecule has 0 aliphatic heterocycles. The van der Waals surface area contributed by atoms with E-state index in [4.69, 9.17) is 19.3 Å². The summed E-state index contributed by atoms with van der Waals surface area (Å²) in [7, 11) is 4.38. The number of hydrogen-bond donors (Lipinski definition) is 2. The van der Waals surface area contributed by atoms with E-state index in [2.05, 4.69) is 5.32 Å². The topological polar surface area (TPSA) is 94.1 Å². The molecular formula is C14H19NO6. The maximum Gasteiger partial charge on any atom is 0.305 e. The number of carboxylic acid groups (broad SMARTS) is 1. The zero-order valence-electron chi connectivity index (χ0n) is 12.4. The molecule has 1 aromatic carbocycles. The van der Waals surface area contributed by atoms with Gasteiger partial charge in [0.2, 0.25) is 11.7 Å². The lowest BCUT2D eigenvalue weighted by Crippen LogP contribution is -2.28. The van der Waals surface area contributed by atoms with Gasteiger partial charge in [-0.3, -0.25) is 9.59 Å². The zero-order valence-corrected chi connectivity index (χ0v) is 12.4. The van der Waals surface area contributed by atoms with Crippen LogP contribution in [0.3, 0.4) is 0 Å². The Hall–Kier alpha value is -2.44. The minimum absolute atomic E-state index is 0.272. The first-order valence-corrected chi connectivity index (χ1v) is 6.22. The number of ether oxygens (including phenoxy) is 3. The summed E-state index contributed by atoms with van der Waals surface area (Å²) in [5.41, 5.74) is 0.507. The third kappa shape index (κ3) is 4.01. The van der Waals surface area contributed by atoms with Crippen LogP contribution in [0.1, 0.15) is 24.9 Å². The molecule has 0 unspecified atom stereocenters. The molecule has 0 aromatic heterocycles. The lowest BCUT2D eigenvalue weighted by atomic mass is 10.0. The maximum absolute atomic E-state index is 11.3. The second-order valence-electron chi connectivity index (χ2n) is 4.27. The van der Waals surface area contributed by atoms with Gasteiger partial charge < -0.3 is 24.6 Å². The lowest BCUT2D eigenvalue weighted by molar-refractivity contribution is -0.137. The van der Waals surface area contributed by atoms with Crippen molar-refractivity contribution in [1.82, 2.24) is 5.32 Å². The molecule has 7 heteroatoms. The molecule has 0 saturated carbocycles. The molecule has 0 aliphatic carbocycles. The summed E-state index contributed by atoms with van der Waals surface area (Å²) in [6, 6.07) is 2.55. The van der Waals surface area contributed by atoms with Crippen molar-refractivity contribution in [2.45, 2.75) is 19.4 Å². The van der Waals surface area contributed by atoms with Crippen molar-refractivity contribution in [2.24, 2.45) is 0 Å². The highest BCUT2D eigenvalue weighted by molar-refractivity contribution is 5.76. The van der Waals surface area contributed by atoms with Gasteiger partial charge in [0.25, 0.3) is 0 Å². The van der Waals surface area contributed by atoms with Gasteiger partial charge in [-0.05, 0) is 12.1 Å². The van der Waals surface area contributed by atoms with E-state index < -0.39 is 12.0 Å². The van der Waals surface area contributed by atoms with Crippen LogP contribution < -0.4 is 19.5 Å². The van der Waals surface area contributed by atoms with Gasteiger partial charge in [-0.2, -0.15) is 0 Å². The number of carbonyl (C=O) groups is 2. The molecule has 1 aromatic rings. The van der Waals surface area contributed by atoms with Gasteiger partial charge in [-0.1, -0.05) is 0 Å². The Morgan fingerprint density at radius 1 is 1.14 bits per heavy atom. The third-order valence-electron chi connectivity index (χ3n) is 2.87. The van der Waals surface area contributed by atoms with Gasteiger partial charge in [0.1, 0.15) is 0 Å². The molecule has 0 spiro atoms. The number of benzene rings is 1. The molecule has 0 bridgehead atoms. The molecule has 0 heterocycles. The fourth-order valence-electron chi connectivity index (χ4n) is 2.06. The first kappa shape index (κ1) is 16.6. The fourth-order valence-corrected chi connectivity index (χ4v) is 2.06. The number of hydrogen-bond acceptors (Lipinski definition) is 5. The molecule has 1 rings (SSSR count). The summed E-state index contributed by atoms with van der Waals surface area (Å²) in [6.07, 6.45) is -0.272. The van der Waals surface area contributed by atoms with Gasteiger partial charge in [0.15, 0.2) is 11.5 Å². The van der Waals surface area contributed by atoms with Crippen LogP contribution in [-0.2, 0) is 9.59 Å². The molecule has 116 valence electrons. The Morgan fingerprint density at radius 2 is 1.76 bits per heavy atom. The van der Waals surface area contributed by atoms with Crippen molar-refractivity contribution in [3.63, 3.8) is 0 Å². The highest BCUT2D eigenvalue weighted by Crippen LogP contribution is 2.42. The van der Waals surface area contributed by atoms with Gasteiger partial charge in [-0.15, -0.1) is 0 Å². The zero-order chi connectivity index (χ0) is 16.0. The monoisotopic (exact) mass is 297 g/mol. The molecule has 0 aliphatic rings. The van der Waals surface area contributed by atoms with E-state index in [1.807, 2.05) is 0 Å². The van der Waals surface area contributed by atoms with Crippen LogP contribution in [0.15, 0.2) is 12.1 Å². The molecule has 0 fully saturated rings. The van der Waals surface area contributed by atoms with Crippen LogP contribution in [0, 0.1) is 0 Å². The van der Waals surface area contributed by atoms with E-state index in [1.165, 1.54) is 28.3 Å². The number of carboxylic acids is 1. The Balaban J connectivity index is 3.35. The summed E-state index contributed by atoms with van der Waals surface area (Å²) in [4.78, 5) is 22.3. The molecule has 1 atom stereocenters. The summed E-state index contributed by atoms with van der Waals surface area (Å²) in [5, 5.41) is 11.6. The standard InChI is InChI=1S/C14H19NO6/c1-8(16)15-10(7-12(17)18)9-5-6-11(19-2)14(21-4)13(9)20-3/h5-6,10H,7H2,1-4H3,(H,15,16)(H,17,18)/t10-/m1/s1. The van der Waals surface area contributed by atoms with Crippen molar-refractivity contribution >= 4 is 11.9 Å². The van der Waals surface area contributed by atoms with E-state index in [0.717, 1.165) is 0 Å². The second kappa shape index (κ2) is 7.37. The van der Waals surface area contributed by atoms with Crippen LogP contribution >= 0.6 is 0 Å². The Labute approximate surface area is 122 Å². The molecule has 21 heavy (non-hydrogen) atoms. The summed E-state index contributed by atoms with van der Waals surface area (Å²) in [6.45, 7) is 1.32. The van der Waals surface area contributed by atoms with E-state index in [-0.39, 0.29) is 12.3 Å². The summed E-state index contributed by atoms with van der Waals surface area (Å²) >= 11 is 0.